The van der Waals surface area contributed by atoms with Crippen molar-refractivity contribution in [3.8, 4) is 5.75 Å². The second-order valence-electron chi connectivity index (χ2n) is 5.60. The van der Waals surface area contributed by atoms with Crippen LogP contribution in [0.3, 0.4) is 0 Å². The predicted octanol–water partition coefficient (Wildman–Crippen LogP) is 2.73. The maximum absolute atomic E-state index is 13.1. The van der Waals surface area contributed by atoms with Crippen LogP contribution in [0.25, 0.3) is 10.8 Å². The minimum atomic E-state index is -5.78. The summed E-state index contributed by atoms with van der Waals surface area (Å²) < 4.78 is 66.0. The molecule has 6 nitrogen and oxygen atoms in total. The van der Waals surface area contributed by atoms with Gasteiger partial charge in [-0.05, 0) is 34.5 Å². The van der Waals surface area contributed by atoms with Crippen molar-refractivity contribution in [3.05, 3.63) is 42.0 Å². The molecule has 134 valence electrons. The fourth-order valence-electron chi connectivity index (χ4n) is 2.32. The molecule has 1 unspecified atom stereocenters. The summed E-state index contributed by atoms with van der Waals surface area (Å²) in [5.41, 5.74) is 1.07. The number of rotatable bonds is 7. The summed E-state index contributed by atoms with van der Waals surface area (Å²) in [4.78, 5) is 11.2. The van der Waals surface area contributed by atoms with E-state index in [0.717, 1.165) is 16.3 Å². The first-order chi connectivity index (χ1) is 11.7. The smallest absolute Gasteiger partial charge is 0.426 e. The highest BCUT2D eigenvalue weighted by Gasteiger charge is 2.51. The Morgan fingerprint density at radius 2 is 1.88 bits per heavy atom. The Labute approximate surface area is 142 Å². The molecule has 2 aromatic rings. The molecule has 9 heteroatoms. The monoisotopic (exact) mass is 372 g/mol. The first-order valence-electron chi connectivity index (χ1n) is 7.35. The lowest BCUT2D eigenvalue weighted by Gasteiger charge is -2.12. The van der Waals surface area contributed by atoms with Crippen molar-refractivity contribution in [2.45, 2.75) is 17.8 Å². The van der Waals surface area contributed by atoms with Gasteiger partial charge in [0.2, 0.25) is 5.78 Å². The van der Waals surface area contributed by atoms with Gasteiger partial charge in [0.1, 0.15) is 11.9 Å². The van der Waals surface area contributed by atoms with Gasteiger partial charge in [-0.25, -0.2) is 0 Å². The van der Waals surface area contributed by atoms with Gasteiger partial charge >= 0.3 is 15.4 Å². The standard InChI is InChI=1S/C16H14F2O6S/c17-16(18,25(20,21)22)15(19)5-6-23-13-4-3-10-7-12(14-9-24-14)2-1-11(10)8-13/h1-4,7-8,14H,5-6,9H2,(H,20,21,22). The highest BCUT2D eigenvalue weighted by molar-refractivity contribution is 7.87. The minimum Gasteiger partial charge on any atom is -0.493 e. The fraction of sp³-hybridized carbons (Fsp3) is 0.312. The summed E-state index contributed by atoms with van der Waals surface area (Å²) in [6.45, 7) is 0.262. The number of halogens is 2. The van der Waals surface area contributed by atoms with E-state index in [9.17, 15) is 22.0 Å². The second kappa shape index (κ2) is 6.32. The third-order valence-electron chi connectivity index (χ3n) is 3.79. The lowest BCUT2D eigenvalue weighted by atomic mass is 10.1. The second-order valence-corrected chi connectivity index (χ2v) is 7.07. The van der Waals surface area contributed by atoms with Crippen LogP contribution in [-0.4, -0.2) is 37.2 Å². The molecule has 0 bridgehead atoms. The molecule has 25 heavy (non-hydrogen) atoms. The minimum absolute atomic E-state index is 0.135. The van der Waals surface area contributed by atoms with E-state index in [1.807, 2.05) is 18.2 Å². The van der Waals surface area contributed by atoms with Crippen LogP contribution in [-0.2, 0) is 19.6 Å². The summed E-state index contributed by atoms with van der Waals surface area (Å²) in [6.07, 6.45) is -0.723. The Morgan fingerprint density at radius 1 is 1.24 bits per heavy atom. The summed E-state index contributed by atoms with van der Waals surface area (Å²) in [7, 11) is -5.78. The maximum atomic E-state index is 13.1. The van der Waals surface area contributed by atoms with Crippen molar-refractivity contribution in [2.24, 2.45) is 0 Å². The summed E-state index contributed by atoms with van der Waals surface area (Å²) in [5.74, 6) is -1.57. The molecular weight excluding hydrogens is 358 g/mol. The van der Waals surface area contributed by atoms with Crippen molar-refractivity contribution in [2.75, 3.05) is 13.2 Å². The molecule has 0 aromatic heterocycles. The van der Waals surface area contributed by atoms with Gasteiger partial charge in [-0.1, -0.05) is 18.2 Å². The number of ketones is 1. The van der Waals surface area contributed by atoms with E-state index < -0.39 is 34.2 Å². The van der Waals surface area contributed by atoms with E-state index in [1.165, 1.54) is 0 Å². The molecule has 1 saturated heterocycles. The van der Waals surface area contributed by atoms with Crippen LogP contribution in [0, 0.1) is 0 Å². The number of carbonyl (C=O) groups is 1. The van der Waals surface area contributed by atoms with Gasteiger partial charge in [0.15, 0.2) is 0 Å². The zero-order chi connectivity index (χ0) is 18.2. The van der Waals surface area contributed by atoms with Gasteiger partial charge in [0.05, 0.1) is 13.2 Å². The molecule has 1 aliphatic heterocycles. The molecule has 0 radical (unpaired) electrons. The molecule has 1 aliphatic rings. The first kappa shape index (κ1) is 17.7. The average Bonchev–Trinajstić information content (AvgIpc) is 3.38. The molecule has 0 saturated carbocycles. The molecular formula is C16H14F2O6S. The topological polar surface area (TPSA) is 93.2 Å². The quantitative estimate of drug-likeness (QED) is 0.593. The summed E-state index contributed by atoms with van der Waals surface area (Å²) in [5, 5.41) is -3.02. The van der Waals surface area contributed by atoms with Crippen LogP contribution >= 0.6 is 0 Å². The Morgan fingerprint density at radius 3 is 2.52 bits per heavy atom. The number of benzene rings is 2. The van der Waals surface area contributed by atoms with Gasteiger partial charge in [-0.3, -0.25) is 9.35 Å². The first-order valence-corrected chi connectivity index (χ1v) is 8.79. The van der Waals surface area contributed by atoms with Crippen molar-refractivity contribution >= 4 is 26.7 Å². The van der Waals surface area contributed by atoms with E-state index in [1.54, 1.807) is 18.2 Å². The van der Waals surface area contributed by atoms with E-state index in [4.69, 9.17) is 14.0 Å². The van der Waals surface area contributed by atoms with E-state index in [-0.39, 0.29) is 6.10 Å². The maximum Gasteiger partial charge on any atom is 0.426 e. The SMILES string of the molecule is O=C(CCOc1ccc2cc(C3CO3)ccc2c1)C(F)(F)S(=O)(=O)O. The number of hydrogen-bond donors (Lipinski definition) is 1. The van der Waals surface area contributed by atoms with E-state index in [0.29, 0.717) is 12.4 Å². The zero-order valence-electron chi connectivity index (χ0n) is 12.8. The number of Topliss-reactive ketones (excluding diaryl/α,β-unsaturated/α-hetero) is 1. The predicted molar refractivity (Wildman–Crippen MR) is 84.3 cm³/mol. The van der Waals surface area contributed by atoms with Gasteiger partial charge in [0, 0.05) is 6.42 Å². The molecule has 1 N–H and O–H groups in total. The molecule has 3 rings (SSSR count). The molecule has 1 atom stereocenters. The Hall–Kier alpha value is -2.10. The van der Waals surface area contributed by atoms with Crippen LogP contribution in [0.2, 0.25) is 0 Å². The van der Waals surface area contributed by atoms with Crippen LogP contribution < -0.4 is 4.74 Å². The van der Waals surface area contributed by atoms with E-state index >= 15 is 0 Å². The largest absolute Gasteiger partial charge is 0.493 e. The van der Waals surface area contributed by atoms with Crippen LogP contribution in [0.15, 0.2) is 36.4 Å². The molecule has 0 spiro atoms. The Balaban J connectivity index is 1.63. The number of fused-ring (bicyclic) bond motifs is 1. The highest BCUT2D eigenvalue weighted by atomic mass is 32.2. The number of hydrogen-bond acceptors (Lipinski definition) is 5. The van der Waals surface area contributed by atoms with Crippen molar-refractivity contribution in [1.82, 2.24) is 0 Å². The molecule has 0 amide bonds. The number of carbonyl (C=O) groups excluding carboxylic acids is 1. The molecule has 1 heterocycles. The van der Waals surface area contributed by atoms with Gasteiger partial charge in [-0.2, -0.15) is 17.2 Å². The van der Waals surface area contributed by atoms with Crippen molar-refractivity contribution in [3.63, 3.8) is 0 Å². The van der Waals surface area contributed by atoms with Crippen LogP contribution in [0.5, 0.6) is 5.75 Å². The lowest BCUT2D eigenvalue weighted by Crippen LogP contribution is -2.38. The number of ether oxygens (including phenoxy) is 2. The van der Waals surface area contributed by atoms with E-state index in [2.05, 4.69) is 0 Å². The molecule has 1 fully saturated rings. The third kappa shape index (κ3) is 3.78. The lowest BCUT2D eigenvalue weighted by molar-refractivity contribution is -0.134. The van der Waals surface area contributed by atoms with Crippen LogP contribution in [0.4, 0.5) is 8.78 Å². The number of alkyl halides is 2. The summed E-state index contributed by atoms with van der Waals surface area (Å²) in [6, 6.07) is 10.8. The van der Waals surface area contributed by atoms with Gasteiger partial charge in [0.25, 0.3) is 0 Å². The Kier molecular flexibility index (Phi) is 4.48. The number of epoxide rings is 1. The van der Waals surface area contributed by atoms with Crippen molar-refractivity contribution < 1.29 is 36.0 Å². The third-order valence-corrected chi connectivity index (χ3v) is 4.66. The van der Waals surface area contributed by atoms with Crippen molar-refractivity contribution in [1.29, 1.82) is 0 Å². The molecule has 0 aliphatic carbocycles. The average molecular weight is 372 g/mol. The highest BCUT2D eigenvalue weighted by Crippen LogP contribution is 2.32. The molecule has 2 aromatic carbocycles. The zero-order valence-corrected chi connectivity index (χ0v) is 13.6. The normalized spacial score (nSPS) is 17.5. The van der Waals surface area contributed by atoms with Crippen LogP contribution in [0.1, 0.15) is 18.1 Å². The fourth-order valence-corrected chi connectivity index (χ4v) is 2.71. The van der Waals surface area contributed by atoms with Gasteiger partial charge in [-0.15, -0.1) is 0 Å². The Bertz CT molecular complexity index is 921. The van der Waals surface area contributed by atoms with Gasteiger partial charge < -0.3 is 9.47 Å². The summed E-state index contributed by atoms with van der Waals surface area (Å²) >= 11 is 0.